The maximum atomic E-state index is 12.7. The maximum absolute atomic E-state index is 12.7. The first-order chi connectivity index (χ1) is 12.5. The molecule has 26 heavy (non-hydrogen) atoms. The van der Waals surface area contributed by atoms with Gasteiger partial charge in [0.2, 0.25) is 0 Å². The molecule has 0 unspecified atom stereocenters. The summed E-state index contributed by atoms with van der Waals surface area (Å²) in [6.07, 6.45) is 4.24. The number of sulfonamides is 1. The molecule has 0 atom stereocenters. The summed E-state index contributed by atoms with van der Waals surface area (Å²) in [6, 6.07) is 15.6. The molecule has 3 aromatic rings. The quantitative estimate of drug-likeness (QED) is 0.689. The minimum atomic E-state index is -3.82. The van der Waals surface area contributed by atoms with Gasteiger partial charge < -0.3 is 4.74 Å². The van der Waals surface area contributed by atoms with E-state index in [1.54, 1.807) is 30.6 Å². The van der Waals surface area contributed by atoms with Crippen molar-refractivity contribution < 1.29 is 13.2 Å². The molecule has 0 saturated heterocycles. The van der Waals surface area contributed by atoms with Gasteiger partial charge in [0.05, 0.1) is 7.11 Å². The number of methoxy groups -OCH3 is 1. The Labute approximate surface area is 157 Å². The van der Waals surface area contributed by atoms with Crippen LogP contribution in [0.15, 0.2) is 71.9 Å². The van der Waals surface area contributed by atoms with E-state index in [-0.39, 0.29) is 10.6 Å². The van der Waals surface area contributed by atoms with E-state index in [1.165, 1.54) is 19.2 Å². The Morgan fingerprint density at radius 3 is 2.31 bits per heavy atom. The third kappa shape index (κ3) is 4.33. The molecule has 3 rings (SSSR count). The van der Waals surface area contributed by atoms with Gasteiger partial charge in [0, 0.05) is 23.1 Å². The van der Waals surface area contributed by atoms with Gasteiger partial charge in [-0.15, -0.1) is 0 Å². The fourth-order valence-corrected chi connectivity index (χ4v) is 3.99. The molecule has 0 aliphatic heterocycles. The molecule has 0 aliphatic carbocycles. The molecule has 7 heteroatoms. The normalized spacial score (nSPS) is 11.2. The first-order valence-electron chi connectivity index (χ1n) is 7.82. The average Bonchev–Trinajstić information content (AvgIpc) is 2.64. The first-order valence-corrected chi connectivity index (χ1v) is 9.68. The van der Waals surface area contributed by atoms with Crippen LogP contribution in [0.4, 0.5) is 5.69 Å². The van der Waals surface area contributed by atoms with Crippen molar-refractivity contribution in [3.05, 3.63) is 83.1 Å². The van der Waals surface area contributed by atoms with E-state index >= 15 is 0 Å². The van der Waals surface area contributed by atoms with Gasteiger partial charge in [0.1, 0.15) is 10.6 Å². The molecule has 1 N–H and O–H groups in total. The Morgan fingerprint density at radius 2 is 1.65 bits per heavy atom. The van der Waals surface area contributed by atoms with Gasteiger partial charge in [-0.25, -0.2) is 8.42 Å². The fraction of sp³-hybridized carbons (Fsp3) is 0.105. The summed E-state index contributed by atoms with van der Waals surface area (Å²) < 4.78 is 33.0. The van der Waals surface area contributed by atoms with Crippen LogP contribution < -0.4 is 9.46 Å². The minimum Gasteiger partial charge on any atom is -0.495 e. The second kappa shape index (κ2) is 7.76. The SMILES string of the molecule is COc1ccc(Cl)cc1S(=O)(=O)Nc1ccc(Cc2ccncc2)cc1. The smallest absolute Gasteiger partial charge is 0.265 e. The van der Waals surface area contributed by atoms with Crippen molar-refractivity contribution in [2.75, 3.05) is 11.8 Å². The number of hydrogen-bond donors (Lipinski definition) is 1. The third-order valence-electron chi connectivity index (χ3n) is 3.78. The molecule has 2 aromatic carbocycles. The topological polar surface area (TPSA) is 68.3 Å². The third-order valence-corrected chi connectivity index (χ3v) is 5.42. The second-order valence-corrected chi connectivity index (χ2v) is 7.72. The minimum absolute atomic E-state index is 0.00615. The number of anilines is 1. The van der Waals surface area contributed by atoms with Crippen LogP contribution in [-0.2, 0) is 16.4 Å². The predicted octanol–water partition coefficient (Wildman–Crippen LogP) is 4.14. The summed E-state index contributed by atoms with van der Waals surface area (Å²) in [5.41, 5.74) is 2.67. The Morgan fingerprint density at radius 1 is 1.00 bits per heavy atom. The van der Waals surface area contributed by atoms with Crippen LogP contribution in [0.1, 0.15) is 11.1 Å². The van der Waals surface area contributed by atoms with Gasteiger partial charge >= 0.3 is 0 Å². The zero-order valence-electron chi connectivity index (χ0n) is 14.0. The summed E-state index contributed by atoms with van der Waals surface area (Å²) in [6.45, 7) is 0. The van der Waals surface area contributed by atoms with Crippen LogP contribution in [0.25, 0.3) is 0 Å². The highest BCUT2D eigenvalue weighted by Crippen LogP contribution is 2.28. The monoisotopic (exact) mass is 388 g/mol. The zero-order chi connectivity index (χ0) is 18.6. The van der Waals surface area contributed by atoms with E-state index in [1.807, 2.05) is 24.3 Å². The van der Waals surface area contributed by atoms with Crippen LogP contribution in [0.2, 0.25) is 5.02 Å². The van der Waals surface area contributed by atoms with Crippen LogP contribution >= 0.6 is 11.6 Å². The fourth-order valence-electron chi connectivity index (χ4n) is 2.50. The number of ether oxygens (including phenoxy) is 1. The highest BCUT2D eigenvalue weighted by molar-refractivity contribution is 7.92. The molecule has 1 aromatic heterocycles. The Kier molecular flexibility index (Phi) is 5.44. The lowest BCUT2D eigenvalue weighted by molar-refractivity contribution is 0.403. The number of nitrogens with one attached hydrogen (secondary N) is 1. The zero-order valence-corrected chi connectivity index (χ0v) is 15.6. The van der Waals surface area contributed by atoms with Crippen LogP contribution in [0.5, 0.6) is 5.75 Å². The Hall–Kier alpha value is -2.57. The van der Waals surface area contributed by atoms with Crippen molar-refractivity contribution in [3.63, 3.8) is 0 Å². The number of nitrogens with zero attached hydrogens (tertiary/aromatic N) is 1. The molecule has 0 radical (unpaired) electrons. The number of rotatable bonds is 6. The van der Waals surface area contributed by atoms with Crippen molar-refractivity contribution in [1.29, 1.82) is 0 Å². The summed E-state index contributed by atoms with van der Waals surface area (Å²) in [5, 5.41) is 0.318. The molecule has 5 nitrogen and oxygen atoms in total. The van der Waals surface area contributed by atoms with Gasteiger partial charge in [0.25, 0.3) is 10.0 Å². The maximum Gasteiger partial charge on any atom is 0.265 e. The van der Waals surface area contributed by atoms with Gasteiger partial charge in [-0.3, -0.25) is 9.71 Å². The lowest BCUT2D eigenvalue weighted by atomic mass is 10.1. The summed E-state index contributed by atoms with van der Waals surface area (Å²) >= 11 is 5.93. The summed E-state index contributed by atoms with van der Waals surface area (Å²) in [4.78, 5) is 3.99. The van der Waals surface area contributed by atoms with Crippen molar-refractivity contribution in [1.82, 2.24) is 4.98 Å². The molecule has 134 valence electrons. The molecule has 0 bridgehead atoms. The molecule has 0 saturated carbocycles. The number of hydrogen-bond acceptors (Lipinski definition) is 4. The van der Waals surface area contributed by atoms with Crippen molar-refractivity contribution >= 4 is 27.3 Å². The van der Waals surface area contributed by atoms with Crippen molar-refractivity contribution in [2.45, 2.75) is 11.3 Å². The highest BCUT2D eigenvalue weighted by Gasteiger charge is 2.20. The molecule has 0 amide bonds. The van der Waals surface area contributed by atoms with Crippen LogP contribution in [-0.4, -0.2) is 20.5 Å². The molecular formula is C19H17ClN2O3S. The van der Waals surface area contributed by atoms with Crippen molar-refractivity contribution in [3.8, 4) is 5.75 Å². The summed E-state index contributed by atoms with van der Waals surface area (Å²) in [5.74, 6) is 0.233. The lowest BCUT2D eigenvalue weighted by Crippen LogP contribution is -2.14. The van der Waals surface area contributed by atoms with Gasteiger partial charge in [-0.1, -0.05) is 23.7 Å². The Bertz CT molecular complexity index is 991. The number of aromatic nitrogens is 1. The average molecular weight is 389 g/mol. The molecule has 0 fully saturated rings. The lowest BCUT2D eigenvalue weighted by Gasteiger charge is -2.12. The first kappa shape index (κ1) is 18.2. The van der Waals surface area contributed by atoms with E-state index in [2.05, 4.69) is 9.71 Å². The van der Waals surface area contributed by atoms with E-state index in [0.717, 1.165) is 17.5 Å². The Balaban J connectivity index is 1.79. The number of halogens is 1. The van der Waals surface area contributed by atoms with Gasteiger partial charge in [-0.2, -0.15) is 0 Å². The highest BCUT2D eigenvalue weighted by atomic mass is 35.5. The standard InChI is InChI=1S/C19H17ClN2O3S/c1-25-18-7-4-16(20)13-19(18)26(23,24)22-17-5-2-14(3-6-17)12-15-8-10-21-11-9-15/h2-11,13,22H,12H2,1H3. The van der Waals surface area contributed by atoms with Gasteiger partial charge in [0.15, 0.2) is 0 Å². The van der Waals surface area contributed by atoms with Crippen molar-refractivity contribution in [2.24, 2.45) is 0 Å². The largest absolute Gasteiger partial charge is 0.495 e. The predicted molar refractivity (Wildman–Crippen MR) is 102 cm³/mol. The molecule has 1 heterocycles. The molecule has 0 aliphatic rings. The van der Waals surface area contributed by atoms with E-state index < -0.39 is 10.0 Å². The van der Waals surface area contributed by atoms with Crippen LogP contribution in [0.3, 0.4) is 0 Å². The number of benzene rings is 2. The number of pyridine rings is 1. The van der Waals surface area contributed by atoms with E-state index in [4.69, 9.17) is 16.3 Å². The molecule has 0 spiro atoms. The van der Waals surface area contributed by atoms with Gasteiger partial charge in [-0.05, 0) is 60.0 Å². The van der Waals surface area contributed by atoms with Crippen LogP contribution in [0, 0.1) is 0 Å². The summed E-state index contributed by atoms with van der Waals surface area (Å²) in [7, 11) is -2.41. The second-order valence-electron chi connectivity index (χ2n) is 5.63. The van der Waals surface area contributed by atoms with E-state index in [0.29, 0.717) is 10.7 Å². The molecular weight excluding hydrogens is 372 g/mol. The van der Waals surface area contributed by atoms with E-state index in [9.17, 15) is 8.42 Å².